The second-order valence-electron chi connectivity index (χ2n) is 7.84. The van der Waals surface area contributed by atoms with Crippen LogP contribution in [-0.2, 0) is 17.1 Å². The van der Waals surface area contributed by atoms with E-state index < -0.39 is 10.0 Å². The molecule has 2 aromatic rings. The number of hydrogen-bond acceptors (Lipinski definition) is 4. The van der Waals surface area contributed by atoms with Crippen LogP contribution in [0.5, 0.6) is 0 Å². The van der Waals surface area contributed by atoms with Gasteiger partial charge >= 0.3 is 0 Å². The summed E-state index contributed by atoms with van der Waals surface area (Å²) in [6.07, 6.45) is 3.06. The van der Waals surface area contributed by atoms with Crippen LogP contribution in [-0.4, -0.2) is 53.3 Å². The average Bonchev–Trinajstić information content (AvgIpc) is 3.50. The largest absolute Gasteiger partial charge is 0.350 e. The summed E-state index contributed by atoms with van der Waals surface area (Å²) in [4.78, 5) is 12.6. The Balaban J connectivity index is 1.32. The smallest absolute Gasteiger partial charge is 0.269 e. The first-order chi connectivity index (χ1) is 13.8. The summed E-state index contributed by atoms with van der Waals surface area (Å²) in [5.74, 6) is -0.283. The van der Waals surface area contributed by atoms with Crippen molar-refractivity contribution in [1.82, 2.24) is 19.4 Å². The van der Waals surface area contributed by atoms with Crippen LogP contribution in [0, 0.1) is 11.7 Å². The first-order valence-corrected chi connectivity index (χ1v) is 11.4. The predicted octanol–water partition coefficient (Wildman–Crippen LogP) is 2.16. The van der Waals surface area contributed by atoms with Crippen molar-refractivity contribution in [3.63, 3.8) is 0 Å². The first kappa shape index (κ1) is 20.0. The van der Waals surface area contributed by atoms with Crippen molar-refractivity contribution in [1.29, 1.82) is 0 Å². The lowest BCUT2D eigenvalue weighted by molar-refractivity contribution is 0.0932. The fourth-order valence-corrected chi connectivity index (χ4v) is 5.59. The van der Waals surface area contributed by atoms with Crippen molar-refractivity contribution < 1.29 is 17.6 Å². The molecule has 1 saturated heterocycles. The number of halogens is 1. The monoisotopic (exact) mass is 420 g/mol. The lowest BCUT2D eigenvalue weighted by atomic mass is 9.98. The van der Waals surface area contributed by atoms with E-state index in [0.29, 0.717) is 31.0 Å². The summed E-state index contributed by atoms with van der Waals surface area (Å²) in [7, 11) is -1.41. The third-order valence-corrected chi connectivity index (χ3v) is 8.08. The van der Waals surface area contributed by atoms with E-state index in [9.17, 15) is 17.6 Å². The van der Waals surface area contributed by atoms with E-state index in [2.05, 4.69) is 10.4 Å². The SMILES string of the molecule is Cn1nc(-c2ccc(F)cc2)cc1C(=O)NCC1CCN(S(=O)(=O)C2CC2)CC1. The highest BCUT2D eigenvalue weighted by Crippen LogP contribution is 2.33. The normalized spacial score (nSPS) is 18.7. The van der Waals surface area contributed by atoms with Crippen LogP contribution in [0.25, 0.3) is 11.3 Å². The number of carbonyl (C=O) groups excluding carboxylic acids is 1. The maximum atomic E-state index is 13.1. The van der Waals surface area contributed by atoms with E-state index in [1.54, 1.807) is 29.6 Å². The third-order valence-electron chi connectivity index (χ3n) is 5.68. The van der Waals surface area contributed by atoms with Gasteiger partial charge in [-0.2, -0.15) is 5.10 Å². The Morgan fingerprint density at radius 2 is 1.83 bits per heavy atom. The summed E-state index contributed by atoms with van der Waals surface area (Å²) >= 11 is 0. The summed E-state index contributed by atoms with van der Waals surface area (Å²) in [5, 5.41) is 7.12. The number of amides is 1. The number of aryl methyl sites for hydroxylation is 1. The molecule has 0 unspecified atom stereocenters. The van der Waals surface area contributed by atoms with Gasteiger partial charge in [0.25, 0.3) is 5.91 Å². The zero-order valence-electron chi connectivity index (χ0n) is 16.3. The van der Waals surface area contributed by atoms with Crippen molar-refractivity contribution in [3.8, 4) is 11.3 Å². The van der Waals surface area contributed by atoms with Gasteiger partial charge in [0, 0.05) is 32.2 Å². The number of piperidine rings is 1. The van der Waals surface area contributed by atoms with Crippen LogP contribution in [0.2, 0.25) is 0 Å². The van der Waals surface area contributed by atoms with Gasteiger partial charge in [0.15, 0.2) is 0 Å². The molecular formula is C20H25FN4O3S. The van der Waals surface area contributed by atoms with Crippen molar-refractivity contribution in [2.24, 2.45) is 13.0 Å². The van der Waals surface area contributed by atoms with Crippen molar-refractivity contribution >= 4 is 15.9 Å². The topological polar surface area (TPSA) is 84.3 Å². The van der Waals surface area contributed by atoms with Crippen molar-refractivity contribution in [2.75, 3.05) is 19.6 Å². The van der Waals surface area contributed by atoms with Crippen LogP contribution in [0.15, 0.2) is 30.3 Å². The maximum Gasteiger partial charge on any atom is 0.269 e. The minimum Gasteiger partial charge on any atom is -0.350 e. The van der Waals surface area contributed by atoms with Gasteiger partial charge in [0.2, 0.25) is 10.0 Å². The molecule has 2 aliphatic rings. The molecule has 1 aromatic heterocycles. The van der Waals surface area contributed by atoms with Gasteiger partial charge in [0.05, 0.1) is 10.9 Å². The molecule has 0 atom stereocenters. The number of benzene rings is 1. The Morgan fingerprint density at radius 1 is 1.17 bits per heavy atom. The molecule has 0 radical (unpaired) electrons. The minimum atomic E-state index is -3.11. The number of aromatic nitrogens is 2. The first-order valence-electron chi connectivity index (χ1n) is 9.92. The van der Waals surface area contributed by atoms with Crippen LogP contribution < -0.4 is 5.32 Å². The van der Waals surface area contributed by atoms with E-state index >= 15 is 0 Å². The summed E-state index contributed by atoms with van der Waals surface area (Å²) in [6, 6.07) is 7.66. The number of hydrogen-bond donors (Lipinski definition) is 1. The lowest BCUT2D eigenvalue weighted by Gasteiger charge is -2.31. The number of carbonyl (C=O) groups is 1. The van der Waals surface area contributed by atoms with Gasteiger partial charge in [-0.25, -0.2) is 17.1 Å². The van der Waals surface area contributed by atoms with Crippen LogP contribution in [0.3, 0.4) is 0 Å². The summed E-state index contributed by atoms with van der Waals surface area (Å²) in [6.45, 7) is 1.56. The van der Waals surface area contributed by atoms with Crippen LogP contribution >= 0.6 is 0 Å². The quantitative estimate of drug-likeness (QED) is 0.776. The lowest BCUT2D eigenvalue weighted by Crippen LogP contribution is -2.42. The maximum absolute atomic E-state index is 13.1. The van der Waals surface area contributed by atoms with Gasteiger partial charge in [-0.3, -0.25) is 9.48 Å². The molecule has 0 spiro atoms. The molecular weight excluding hydrogens is 395 g/mol. The molecule has 1 aliphatic carbocycles. The Bertz CT molecular complexity index is 991. The average molecular weight is 421 g/mol. The molecule has 156 valence electrons. The van der Waals surface area contributed by atoms with E-state index in [1.807, 2.05) is 0 Å². The van der Waals surface area contributed by atoms with E-state index in [4.69, 9.17) is 0 Å². The predicted molar refractivity (Wildman–Crippen MR) is 107 cm³/mol. The summed E-state index contributed by atoms with van der Waals surface area (Å²) in [5.41, 5.74) is 1.78. The Kier molecular flexibility index (Phi) is 5.44. The molecule has 29 heavy (non-hydrogen) atoms. The second-order valence-corrected chi connectivity index (χ2v) is 10.1. The van der Waals surface area contributed by atoms with Crippen LogP contribution in [0.1, 0.15) is 36.2 Å². The molecule has 1 aliphatic heterocycles. The molecule has 2 heterocycles. The molecule has 9 heteroatoms. The number of sulfonamides is 1. The number of rotatable bonds is 6. The summed E-state index contributed by atoms with van der Waals surface area (Å²) < 4.78 is 40.8. The Morgan fingerprint density at radius 3 is 2.45 bits per heavy atom. The Labute approximate surface area is 169 Å². The van der Waals surface area contributed by atoms with Gasteiger partial charge < -0.3 is 5.32 Å². The molecule has 1 aromatic carbocycles. The highest BCUT2D eigenvalue weighted by atomic mass is 32.2. The molecule has 1 N–H and O–H groups in total. The van der Waals surface area contributed by atoms with Gasteiger partial charge in [-0.05, 0) is 61.9 Å². The van der Waals surface area contributed by atoms with Crippen molar-refractivity contribution in [3.05, 3.63) is 41.8 Å². The highest BCUT2D eigenvalue weighted by Gasteiger charge is 2.41. The zero-order valence-corrected chi connectivity index (χ0v) is 17.2. The van der Waals surface area contributed by atoms with Gasteiger partial charge in [0.1, 0.15) is 11.5 Å². The van der Waals surface area contributed by atoms with E-state index in [-0.39, 0.29) is 22.9 Å². The van der Waals surface area contributed by atoms with Gasteiger partial charge in [-0.15, -0.1) is 0 Å². The van der Waals surface area contributed by atoms with E-state index in [1.165, 1.54) is 16.8 Å². The zero-order chi connectivity index (χ0) is 20.6. The second kappa shape index (κ2) is 7.87. The highest BCUT2D eigenvalue weighted by molar-refractivity contribution is 7.90. The third kappa shape index (κ3) is 4.35. The fourth-order valence-electron chi connectivity index (χ4n) is 3.71. The molecule has 1 amide bonds. The molecule has 4 rings (SSSR count). The molecule has 0 bridgehead atoms. The minimum absolute atomic E-state index is 0.168. The van der Waals surface area contributed by atoms with E-state index in [0.717, 1.165) is 31.2 Å². The Hall–Kier alpha value is -2.26. The molecule has 7 nitrogen and oxygen atoms in total. The van der Waals surface area contributed by atoms with Crippen molar-refractivity contribution in [2.45, 2.75) is 30.9 Å². The standard InChI is InChI=1S/C20H25FN4O3S/c1-24-19(12-18(23-24)15-2-4-16(21)5-3-15)20(26)22-13-14-8-10-25(11-9-14)29(27,28)17-6-7-17/h2-5,12,14,17H,6-11,13H2,1H3,(H,22,26). The number of nitrogens with zero attached hydrogens (tertiary/aromatic N) is 3. The fraction of sp³-hybridized carbons (Fsp3) is 0.500. The molecule has 1 saturated carbocycles. The van der Waals surface area contributed by atoms with Gasteiger partial charge in [-0.1, -0.05) is 0 Å². The number of nitrogens with one attached hydrogen (secondary N) is 1. The molecule has 2 fully saturated rings. The van der Waals surface area contributed by atoms with Crippen LogP contribution in [0.4, 0.5) is 4.39 Å².